The first-order chi connectivity index (χ1) is 10.7. The Morgan fingerprint density at radius 3 is 2.48 bits per heavy atom. The molecule has 9 heteroatoms. The number of nitro benzene ring substituents is 1. The van der Waals surface area contributed by atoms with Crippen LogP contribution in [0.25, 0.3) is 0 Å². The summed E-state index contributed by atoms with van der Waals surface area (Å²) < 4.78 is 32.7. The molecule has 122 valence electrons. The van der Waals surface area contributed by atoms with Gasteiger partial charge in [-0.15, -0.1) is 0 Å². The van der Waals surface area contributed by atoms with Crippen molar-refractivity contribution < 1.29 is 18.1 Å². The van der Waals surface area contributed by atoms with E-state index in [1.807, 2.05) is 6.92 Å². The lowest BCUT2D eigenvalue weighted by Gasteiger charge is -2.11. The fourth-order valence-electron chi connectivity index (χ4n) is 1.89. The summed E-state index contributed by atoms with van der Waals surface area (Å²) in [5.74, 6) is -0.00883. The number of nitrogens with zero attached hydrogens (tertiary/aromatic N) is 1. The number of nitro groups is 1. The molecule has 23 heavy (non-hydrogen) atoms. The van der Waals surface area contributed by atoms with Gasteiger partial charge in [-0.3, -0.25) is 14.8 Å². The Hall–Kier alpha value is -2.13. The second kappa shape index (κ2) is 6.55. The van der Waals surface area contributed by atoms with Gasteiger partial charge in [-0.25, -0.2) is 8.42 Å². The first-order valence-electron chi connectivity index (χ1n) is 6.36. The van der Waals surface area contributed by atoms with Crippen LogP contribution in [0.4, 0.5) is 11.4 Å². The molecule has 2 aromatic rings. The van der Waals surface area contributed by atoms with Gasteiger partial charge in [0, 0.05) is 10.5 Å². The molecule has 0 aliphatic rings. The molecule has 0 saturated carbocycles. The van der Waals surface area contributed by atoms with Crippen molar-refractivity contribution in [3.63, 3.8) is 0 Å². The molecule has 0 spiro atoms. The standard InChI is InChI=1S/C14H13BrN2O5S/c1-9-3-5-12(11(15)7-9)16-23(20,21)10-4-6-14(22-2)13(8-10)17(18)19/h3-8,16H,1-2H3. The number of benzene rings is 2. The van der Waals surface area contributed by atoms with E-state index in [1.54, 1.807) is 18.2 Å². The molecular formula is C14H13BrN2O5S. The quantitative estimate of drug-likeness (QED) is 0.611. The summed E-state index contributed by atoms with van der Waals surface area (Å²) >= 11 is 3.28. The average Bonchev–Trinajstić information content (AvgIpc) is 2.49. The maximum Gasteiger partial charge on any atom is 0.312 e. The second-order valence-corrected chi connectivity index (χ2v) is 7.22. The van der Waals surface area contributed by atoms with Crippen LogP contribution in [-0.2, 0) is 10.0 Å². The molecule has 0 bridgehead atoms. The molecule has 0 aliphatic heterocycles. The van der Waals surface area contributed by atoms with Crippen molar-refractivity contribution in [2.24, 2.45) is 0 Å². The topological polar surface area (TPSA) is 98.5 Å². The number of sulfonamides is 1. The third kappa shape index (κ3) is 3.80. The van der Waals surface area contributed by atoms with Gasteiger partial charge >= 0.3 is 5.69 Å². The van der Waals surface area contributed by atoms with Crippen LogP contribution in [0.2, 0.25) is 0 Å². The summed E-state index contributed by atoms with van der Waals surface area (Å²) in [6.07, 6.45) is 0. The molecule has 0 heterocycles. The van der Waals surface area contributed by atoms with Gasteiger partial charge in [0.25, 0.3) is 10.0 Å². The molecule has 0 aromatic heterocycles. The van der Waals surface area contributed by atoms with E-state index in [0.717, 1.165) is 11.6 Å². The minimum Gasteiger partial charge on any atom is -0.490 e. The summed E-state index contributed by atoms with van der Waals surface area (Å²) in [5, 5.41) is 11.0. The van der Waals surface area contributed by atoms with Gasteiger partial charge in [-0.1, -0.05) is 6.07 Å². The van der Waals surface area contributed by atoms with Gasteiger partial charge in [0.1, 0.15) is 0 Å². The van der Waals surface area contributed by atoms with Crippen LogP contribution < -0.4 is 9.46 Å². The Morgan fingerprint density at radius 2 is 1.91 bits per heavy atom. The molecule has 0 radical (unpaired) electrons. The number of anilines is 1. The molecular weight excluding hydrogens is 388 g/mol. The van der Waals surface area contributed by atoms with Crippen LogP contribution in [0.5, 0.6) is 5.75 Å². The summed E-state index contributed by atoms with van der Waals surface area (Å²) in [6.45, 7) is 1.87. The summed E-state index contributed by atoms with van der Waals surface area (Å²) in [6, 6.07) is 8.57. The average molecular weight is 401 g/mol. The third-order valence-corrected chi connectivity index (χ3v) is 5.05. The Bertz CT molecular complexity index is 867. The Labute approximate surface area is 141 Å². The fourth-order valence-corrected chi connectivity index (χ4v) is 3.71. The minimum absolute atomic E-state index is 0.00883. The van der Waals surface area contributed by atoms with Gasteiger partial charge in [-0.05, 0) is 52.7 Å². The molecule has 0 saturated heterocycles. The van der Waals surface area contributed by atoms with Crippen molar-refractivity contribution in [1.82, 2.24) is 0 Å². The fraction of sp³-hybridized carbons (Fsp3) is 0.143. The Kier molecular flexibility index (Phi) is 4.90. The van der Waals surface area contributed by atoms with Crippen molar-refractivity contribution in [2.45, 2.75) is 11.8 Å². The van der Waals surface area contributed by atoms with Crippen molar-refractivity contribution in [3.8, 4) is 5.75 Å². The second-order valence-electron chi connectivity index (χ2n) is 4.68. The minimum atomic E-state index is -3.97. The van der Waals surface area contributed by atoms with Crippen LogP contribution in [0.3, 0.4) is 0 Å². The summed E-state index contributed by atoms with van der Waals surface area (Å²) in [4.78, 5) is 10.1. The molecule has 2 rings (SSSR count). The number of rotatable bonds is 5. The first-order valence-corrected chi connectivity index (χ1v) is 8.63. The highest BCUT2D eigenvalue weighted by Crippen LogP contribution is 2.31. The van der Waals surface area contributed by atoms with E-state index in [4.69, 9.17) is 4.74 Å². The molecule has 0 unspecified atom stereocenters. The number of hydrogen-bond acceptors (Lipinski definition) is 5. The first kappa shape index (κ1) is 17.2. The third-order valence-electron chi connectivity index (χ3n) is 3.03. The zero-order valence-electron chi connectivity index (χ0n) is 12.2. The highest BCUT2D eigenvalue weighted by atomic mass is 79.9. The predicted molar refractivity (Wildman–Crippen MR) is 89.3 cm³/mol. The summed E-state index contributed by atoms with van der Waals surface area (Å²) in [7, 11) is -2.69. The molecule has 0 atom stereocenters. The maximum atomic E-state index is 12.4. The van der Waals surface area contributed by atoms with E-state index in [1.165, 1.54) is 19.2 Å². The summed E-state index contributed by atoms with van der Waals surface area (Å²) in [5.41, 5.74) is 0.882. The van der Waals surface area contributed by atoms with E-state index in [9.17, 15) is 18.5 Å². The highest BCUT2D eigenvalue weighted by molar-refractivity contribution is 9.10. The largest absolute Gasteiger partial charge is 0.490 e. The number of aryl methyl sites for hydroxylation is 1. The zero-order valence-corrected chi connectivity index (χ0v) is 14.6. The molecule has 0 fully saturated rings. The Morgan fingerprint density at radius 1 is 1.22 bits per heavy atom. The Balaban J connectivity index is 2.43. The van der Waals surface area contributed by atoms with Crippen LogP contribution in [-0.4, -0.2) is 20.5 Å². The lowest BCUT2D eigenvalue weighted by molar-refractivity contribution is -0.386. The number of nitrogens with one attached hydrogen (secondary N) is 1. The molecule has 7 nitrogen and oxygen atoms in total. The smallest absolute Gasteiger partial charge is 0.312 e. The van der Waals surface area contributed by atoms with Gasteiger partial charge in [-0.2, -0.15) is 0 Å². The van der Waals surface area contributed by atoms with Gasteiger partial charge in [0.05, 0.1) is 22.6 Å². The van der Waals surface area contributed by atoms with Gasteiger partial charge in [0.2, 0.25) is 0 Å². The lowest BCUT2D eigenvalue weighted by Crippen LogP contribution is -2.13. The SMILES string of the molecule is COc1ccc(S(=O)(=O)Nc2ccc(C)cc2Br)cc1[N+](=O)[O-]. The van der Waals surface area contributed by atoms with Crippen molar-refractivity contribution in [2.75, 3.05) is 11.8 Å². The van der Waals surface area contributed by atoms with E-state index >= 15 is 0 Å². The monoisotopic (exact) mass is 400 g/mol. The van der Waals surface area contributed by atoms with Crippen molar-refractivity contribution in [1.29, 1.82) is 0 Å². The number of hydrogen-bond donors (Lipinski definition) is 1. The molecule has 0 aliphatic carbocycles. The zero-order chi connectivity index (χ0) is 17.2. The lowest BCUT2D eigenvalue weighted by atomic mass is 10.2. The van der Waals surface area contributed by atoms with E-state index < -0.39 is 20.6 Å². The maximum absolute atomic E-state index is 12.4. The normalized spacial score (nSPS) is 11.1. The van der Waals surface area contributed by atoms with Gasteiger partial charge < -0.3 is 4.74 Å². The number of halogens is 1. The number of ether oxygens (including phenoxy) is 1. The van der Waals surface area contributed by atoms with Crippen molar-refractivity contribution >= 4 is 37.3 Å². The number of methoxy groups -OCH3 is 1. The molecule has 2 aromatic carbocycles. The highest BCUT2D eigenvalue weighted by Gasteiger charge is 2.22. The van der Waals surface area contributed by atoms with E-state index in [-0.39, 0.29) is 10.6 Å². The van der Waals surface area contributed by atoms with Crippen molar-refractivity contribution in [3.05, 3.63) is 56.5 Å². The van der Waals surface area contributed by atoms with Crippen LogP contribution >= 0.6 is 15.9 Å². The van der Waals surface area contributed by atoms with Crippen LogP contribution in [0.1, 0.15) is 5.56 Å². The van der Waals surface area contributed by atoms with Crippen LogP contribution in [0, 0.1) is 17.0 Å². The van der Waals surface area contributed by atoms with Gasteiger partial charge in [0.15, 0.2) is 5.75 Å². The van der Waals surface area contributed by atoms with E-state index in [2.05, 4.69) is 20.7 Å². The molecule has 1 N–H and O–H groups in total. The molecule has 0 amide bonds. The van der Waals surface area contributed by atoms with Crippen LogP contribution in [0.15, 0.2) is 45.8 Å². The van der Waals surface area contributed by atoms with E-state index in [0.29, 0.717) is 10.2 Å². The predicted octanol–water partition coefficient (Wildman–Crippen LogP) is 3.48.